The van der Waals surface area contributed by atoms with Crippen LogP contribution >= 0.6 is 0 Å². The van der Waals surface area contributed by atoms with Gasteiger partial charge in [0.15, 0.2) is 0 Å². The predicted octanol–water partition coefficient (Wildman–Crippen LogP) is 2.65. The molecule has 0 aromatic heterocycles. The Bertz CT molecular complexity index is 334. The van der Waals surface area contributed by atoms with E-state index in [1.54, 1.807) is 0 Å². The van der Waals surface area contributed by atoms with Gasteiger partial charge < -0.3 is 10.5 Å². The van der Waals surface area contributed by atoms with E-state index < -0.39 is 0 Å². The average molecular weight is 207 g/mol. The second kappa shape index (κ2) is 5.29. The first-order valence-corrected chi connectivity index (χ1v) is 5.47. The van der Waals surface area contributed by atoms with Gasteiger partial charge in [0.05, 0.1) is 12.6 Å². The van der Waals surface area contributed by atoms with E-state index in [1.807, 2.05) is 6.92 Å². The molecule has 0 heterocycles. The second-order valence-electron chi connectivity index (χ2n) is 4.06. The van der Waals surface area contributed by atoms with Gasteiger partial charge in [-0.15, -0.1) is 0 Å². The lowest BCUT2D eigenvalue weighted by molar-refractivity contribution is 0.133. The van der Waals surface area contributed by atoms with Gasteiger partial charge in [-0.1, -0.05) is 12.1 Å². The van der Waals surface area contributed by atoms with E-state index in [4.69, 9.17) is 10.5 Å². The van der Waals surface area contributed by atoms with Gasteiger partial charge in [-0.2, -0.15) is 0 Å². The van der Waals surface area contributed by atoms with Crippen LogP contribution in [0.2, 0.25) is 0 Å². The summed E-state index contributed by atoms with van der Waals surface area (Å²) in [5, 5.41) is 0. The topological polar surface area (TPSA) is 35.2 Å². The quantitative estimate of drug-likeness (QED) is 0.823. The van der Waals surface area contributed by atoms with Crippen molar-refractivity contribution in [1.29, 1.82) is 0 Å². The minimum Gasteiger partial charge on any atom is -0.380 e. The standard InChI is InChI=1S/C13H21NO/c1-5-15-8-13(14)12-7-10(3)9(2)6-11(12)4/h6-7,13H,5,8,14H2,1-4H3. The molecule has 0 aliphatic rings. The lowest BCUT2D eigenvalue weighted by Crippen LogP contribution is -2.18. The van der Waals surface area contributed by atoms with Gasteiger partial charge in [-0.3, -0.25) is 0 Å². The molecular weight excluding hydrogens is 186 g/mol. The number of hydrogen-bond acceptors (Lipinski definition) is 2. The third kappa shape index (κ3) is 3.05. The molecule has 0 amide bonds. The predicted molar refractivity (Wildman–Crippen MR) is 64.1 cm³/mol. The van der Waals surface area contributed by atoms with Crippen LogP contribution in [0.4, 0.5) is 0 Å². The van der Waals surface area contributed by atoms with Gasteiger partial charge in [0.1, 0.15) is 0 Å². The Morgan fingerprint density at radius 3 is 2.33 bits per heavy atom. The summed E-state index contributed by atoms with van der Waals surface area (Å²) in [7, 11) is 0. The molecule has 0 bridgehead atoms. The number of ether oxygens (including phenoxy) is 1. The van der Waals surface area contributed by atoms with Crippen LogP contribution in [0.3, 0.4) is 0 Å². The third-order valence-corrected chi connectivity index (χ3v) is 2.78. The van der Waals surface area contributed by atoms with E-state index in [-0.39, 0.29) is 6.04 Å². The fraction of sp³-hybridized carbons (Fsp3) is 0.538. The van der Waals surface area contributed by atoms with Crippen molar-refractivity contribution in [2.24, 2.45) is 5.73 Å². The van der Waals surface area contributed by atoms with Crippen LogP contribution in [-0.4, -0.2) is 13.2 Å². The van der Waals surface area contributed by atoms with E-state index in [2.05, 4.69) is 32.9 Å². The maximum Gasteiger partial charge on any atom is 0.0659 e. The van der Waals surface area contributed by atoms with E-state index >= 15 is 0 Å². The molecule has 0 aliphatic heterocycles. The van der Waals surface area contributed by atoms with Gasteiger partial charge >= 0.3 is 0 Å². The molecule has 1 unspecified atom stereocenters. The van der Waals surface area contributed by atoms with Crippen molar-refractivity contribution in [3.63, 3.8) is 0 Å². The summed E-state index contributed by atoms with van der Waals surface area (Å²) in [4.78, 5) is 0. The Kier molecular flexibility index (Phi) is 4.30. The molecule has 0 radical (unpaired) electrons. The van der Waals surface area contributed by atoms with E-state index in [0.29, 0.717) is 6.61 Å². The molecule has 1 rings (SSSR count). The summed E-state index contributed by atoms with van der Waals surface area (Å²) < 4.78 is 5.35. The highest BCUT2D eigenvalue weighted by Gasteiger charge is 2.10. The molecule has 2 N–H and O–H groups in total. The lowest BCUT2D eigenvalue weighted by Gasteiger charge is -2.16. The molecule has 1 aromatic carbocycles. The molecule has 0 saturated heterocycles. The van der Waals surface area contributed by atoms with Crippen LogP contribution in [-0.2, 0) is 4.74 Å². The van der Waals surface area contributed by atoms with Crippen molar-refractivity contribution in [2.75, 3.05) is 13.2 Å². The zero-order chi connectivity index (χ0) is 11.4. The first kappa shape index (κ1) is 12.2. The zero-order valence-electron chi connectivity index (χ0n) is 10.1. The average Bonchev–Trinajstić information content (AvgIpc) is 2.20. The maximum absolute atomic E-state index is 6.08. The SMILES string of the molecule is CCOCC(N)c1cc(C)c(C)cc1C. The molecule has 0 aliphatic carbocycles. The highest BCUT2D eigenvalue weighted by atomic mass is 16.5. The fourth-order valence-electron chi connectivity index (χ4n) is 1.72. The van der Waals surface area contributed by atoms with Crippen LogP contribution < -0.4 is 5.73 Å². The Labute approximate surface area is 92.4 Å². The Hall–Kier alpha value is -0.860. The largest absolute Gasteiger partial charge is 0.380 e. The fourth-order valence-corrected chi connectivity index (χ4v) is 1.72. The van der Waals surface area contributed by atoms with Gasteiger partial charge in [0, 0.05) is 6.61 Å². The maximum atomic E-state index is 6.08. The summed E-state index contributed by atoms with van der Waals surface area (Å²) in [6, 6.07) is 4.36. The number of aryl methyl sites for hydroxylation is 3. The molecule has 2 heteroatoms. The van der Waals surface area contributed by atoms with Gasteiger partial charge in [-0.05, 0) is 49.9 Å². The molecule has 0 fully saturated rings. The Morgan fingerprint density at radius 2 is 1.73 bits per heavy atom. The summed E-state index contributed by atoms with van der Waals surface area (Å²) >= 11 is 0. The van der Waals surface area contributed by atoms with E-state index in [9.17, 15) is 0 Å². The smallest absolute Gasteiger partial charge is 0.0659 e. The second-order valence-corrected chi connectivity index (χ2v) is 4.06. The minimum absolute atomic E-state index is 0.00995. The molecule has 0 saturated carbocycles. The number of nitrogens with two attached hydrogens (primary N) is 1. The van der Waals surface area contributed by atoms with Crippen LogP contribution in [0, 0.1) is 20.8 Å². The molecular formula is C13H21NO. The van der Waals surface area contributed by atoms with Crippen molar-refractivity contribution >= 4 is 0 Å². The Morgan fingerprint density at radius 1 is 1.13 bits per heavy atom. The number of benzene rings is 1. The first-order valence-electron chi connectivity index (χ1n) is 5.47. The molecule has 15 heavy (non-hydrogen) atoms. The zero-order valence-corrected chi connectivity index (χ0v) is 10.1. The van der Waals surface area contributed by atoms with Crippen LogP contribution in [0.15, 0.2) is 12.1 Å². The molecule has 2 nitrogen and oxygen atoms in total. The van der Waals surface area contributed by atoms with E-state index in [1.165, 1.54) is 22.3 Å². The molecule has 1 aromatic rings. The number of hydrogen-bond donors (Lipinski definition) is 1. The highest BCUT2D eigenvalue weighted by molar-refractivity contribution is 5.38. The van der Waals surface area contributed by atoms with E-state index in [0.717, 1.165) is 6.61 Å². The van der Waals surface area contributed by atoms with Crippen molar-refractivity contribution in [3.8, 4) is 0 Å². The normalized spacial score (nSPS) is 12.9. The lowest BCUT2D eigenvalue weighted by atomic mass is 9.96. The van der Waals surface area contributed by atoms with Crippen LogP contribution in [0.25, 0.3) is 0 Å². The molecule has 0 spiro atoms. The third-order valence-electron chi connectivity index (χ3n) is 2.78. The van der Waals surface area contributed by atoms with Crippen molar-refractivity contribution in [3.05, 3.63) is 34.4 Å². The van der Waals surface area contributed by atoms with Gasteiger partial charge in [0.2, 0.25) is 0 Å². The van der Waals surface area contributed by atoms with Crippen molar-refractivity contribution in [2.45, 2.75) is 33.7 Å². The van der Waals surface area contributed by atoms with Crippen LogP contribution in [0.1, 0.15) is 35.2 Å². The van der Waals surface area contributed by atoms with Crippen molar-refractivity contribution < 1.29 is 4.74 Å². The van der Waals surface area contributed by atoms with Crippen molar-refractivity contribution in [1.82, 2.24) is 0 Å². The molecule has 1 atom stereocenters. The summed E-state index contributed by atoms with van der Waals surface area (Å²) in [6.07, 6.45) is 0. The van der Waals surface area contributed by atoms with Gasteiger partial charge in [-0.25, -0.2) is 0 Å². The summed E-state index contributed by atoms with van der Waals surface area (Å²) in [6.45, 7) is 9.65. The first-order chi connectivity index (χ1) is 7.06. The summed E-state index contributed by atoms with van der Waals surface area (Å²) in [5.41, 5.74) is 11.1. The monoisotopic (exact) mass is 207 g/mol. The minimum atomic E-state index is -0.00995. The number of rotatable bonds is 4. The van der Waals surface area contributed by atoms with Gasteiger partial charge in [0.25, 0.3) is 0 Å². The Balaban J connectivity index is 2.88. The highest BCUT2D eigenvalue weighted by Crippen LogP contribution is 2.20. The molecule has 84 valence electrons. The summed E-state index contributed by atoms with van der Waals surface area (Å²) in [5.74, 6) is 0. The van der Waals surface area contributed by atoms with Crippen LogP contribution in [0.5, 0.6) is 0 Å².